The van der Waals surface area contributed by atoms with Gasteiger partial charge in [0.15, 0.2) is 5.96 Å². The SMILES string of the molecule is CCCCNC(N)=NCCCCN1CCC(C(N)=O)CC1. The Hall–Kier alpha value is -1.30. The molecule has 0 saturated carbocycles. The van der Waals surface area contributed by atoms with Crippen LogP contribution < -0.4 is 16.8 Å². The first-order chi connectivity index (χ1) is 10.1. The third kappa shape index (κ3) is 7.90. The molecule has 0 aromatic rings. The van der Waals surface area contributed by atoms with Gasteiger partial charge in [-0.05, 0) is 51.7 Å². The number of hydrogen-bond donors (Lipinski definition) is 3. The number of unbranched alkanes of at least 4 members (excludes halogenated alkanes) is 2. The minimum atomic E-state index is -0.143. The molecule has 1 aliphatic rings. The van der Waals surface area contributed by atoms with E-state index in [1.807, 2.05) is 0 Å². The van der Waals surface area contributed by atoms with Gasteiger partial charge in [0.1, 0.15) is 0 Å². The molecule has 0 unspecified atom stereocenters. The summed E-state index contributed by atoms with van der Waals surface area (Å²) < 4.78 is 0. The Labute approximate surface area is 128 Å². The molecule has 1 saturated heterocycles. The lowest BCUT2D eigenvalue weighted by atomic mass is 9.96. The number of likely N-dealkylation sites (tertiary alicyclic amines) is 1. The number of piperidine rings is 1. The van der Waals surface area contributed by atoms with Crippen LogP contribution in [0.25, 0.3) is 0 Å². The van der Waals surface area contributed by atoms with Crippen LogP contribution in [0.3, 0.4) is 0 Å². The molecule has 6 heteroatoms. The van der Waals surface area contributed by atoms with Gasteiger partial charge in [0, 0.05) is 19.0 Å². The number of guanidine groups is 1. The molecule has 1 aliphatic heterocycles. The number of carbonyl (C=O) groups excluding carboxylic acids is 1. The average molecular weight is 297 g/mol. The highest BCUT2D eigenvalue weighted by molar-refractivity contribution is 5.77. The van der Waals surface area contributed by atoms with Crippen LogP contribution in [0.15, 0.2) is 4.99 Å². The number of nitrogens with one attached hydrogen (secondary N) is 1. The monoisotopic (exact) mass is 297 g/mol. The van der Waals surface area contributed by atoms with Crippen LogP contribution in [0.5, 0.6) is 0 Å². The molecule has 21 heavy (non-hydrogen) atoms. The molecule has 1 fully saturated rings. The number of rotatable bonds is 9. The molecule has 5 N–H and O–H groups in total. The van der Waals surface area contributed by atoms with E-state index < -0.39 is 0 Å². The average Bonchev–Trinajstić information content (AvgIpc) is 2.47. The number of carbonyl (C=O) groups is 1. The minimum absolute atomic E-state index is 0.0832. The largest absolute Gasteiger partial charge is 0.370 e. The van der Waals surface area contributed by atoms with E-state index >= 15 is 0 Å². The number of hydrogen-bond acceptors (Lipinski definition) is 3. The van der Waals surface area contributed by atoms with Crippen molar-refractivity contribution in [1.29, 1.82) is 0 Å². The molecule has 0 aromatic heterocycles. The summed E-state index contributed by atoms with van der Waals surface area (Å²) in [5.41, 5.74) is 11.1. The van der Waals surface area contributed by atoms with Gasteiger partial charge in [-0.3, -0.25) is 9.79 Å². The normalized spacial score (nSPS) is 17.9. The second kappa shape index (κ2) is 10.4. The highest BCUT2D eigenvalue weighted by atomic mass is 16.1. The smallest absolute Gasteiger partial charge is 0.220 e. The summed E-state index contributed by atoms with van der Waals surface area (Å²) in [6.07, 6.45) is 6.26. The van der Waals surface area contributed by atoms with Crippen molar-refractivity contribution in [2.45, 2.75) is 45.4 Å². The van der Waals surface area contributed by atoms with E-state index in [4.69, 9.17) is 11.5 Å². The third-order valence-electron chi connectivity index (χ3n) is 3.99. The number of nitrogens with zero attached hydrogens (tertiary/aromatic N) is 2. The van der Waals surface area contributed by atoms with E-state index in [9.17, 15) is 4.79 Å². The standard InChI is InChI=1S/C15H31N5O/c1-2-3-8-18-15(17)19-9-4-5-10-20-11-6-13(7-12-20)14(16)21/h13H,2-12H2,1H3,(H2,16,21)(H3,17,18,19). The fourth-order valence-electron chi connectivity index (χ4n) is 2.54. The van der Waals surface area contributed by atoms with Gasteiger partial charge >= 0.3 is 0 Å². The topological polar surface area (TPSA) is 96.7 Å². The predicted octanol–water partition coefficient (Wildman–Crippen LogP) is 0.668. The lowest BCUT2D eigenvalue weighted by Gasteiger charge is -2.30. The zero-order valence-corrected chi connectivity index (χ0v) is 13.3. The predicted molar refractivity (Wildman–Crippen MR) is 87.0 cm³/mol. The van der Waals surface area contributed by atoms with Crippen LogP contribution >= 0.6 is 0 Å². The summed E-state index contributed by atoms with van der Waals surface area (Å²) in [6.45, 7) is 6.88. The summed E-state index contributed by atoms with van der Waals surface area (Å²) in [7, 11) is 0. The highest BCUT2D eigenvalue weighted by Gasteiger charge is 2.22. The summed E-state index contributed by atoms with van der Waals surface area (Å²) in [5, 5.41) is 3.11. The summed E-state index contributed by atoms with van der Waals surface area (Å²) in [6, 6.07) is 0. The first-order valence-corrected chi connectivity index (χ1v) is 8.19. The van der Waals surface area contributed by atoms with Gasteiger partial charge in [-0.25, -0.2) is 0 Å². The molecule has 6 nitrogen and oxygen atoms in total. The molecular formula is C15H31N5O. The molecule has 1 heterocycles. The molecule has 0 aromatic carbocycles. The van der Waals surface area contributed by atoms with Gasteiger partial charge in [-0.15, -0.1) is 0 Å². The Morgan fingerprint density at radius 2 is 1.95 bits per heavy atom. The van der Waals surface area contributed by atoms with E-state index in [-0.39, 0.29) is 11.8 Å². The van der Waals surface area contributed by atoms with E-state index in [1.54, 1.807) is 0 Å². The van der Waals surface area contributed by atoms with Crippen molar-refractivity contribution in [3.8, 4) is 0 Å². The molecule has 0 aliphatic carbocycles. The quantitative estimate of drug-likeness (QED) is 0.331. The van der Waals surface area contributed by atoms with Gasteiger partial charge in [-0.2, -0.15) is 0 Å². The van der Waals surface area contributed by atoms with E-state index in [0.29, 0.717) is 5.96 Å². The van der Waals surface area contributed by atoms with Crippen molar-refractivity contribution >= 4 is 11.9 Å². The van der Waals surface area contributed by atoms with E-state index in [0.717, 1.165) is 71.2 Å². The zero-order valence-electron chi connectivity index (χ0n) is 13.3. The number of nitrogens with two attached hydrogens (primary N) is 2. The van der Waals surface area contributed by atoms with Crippen LogP contribution in [0.1, 0.15) is 45.4 Å². The first kappa shape index (κ1) is 17.8. The van der Waals surface area contributed by atoms with Crippen molar-refractivity contribution in [3.63, 3.8) is 0 Å². The van der Waals surface area contributed by atoms with E-state index in [2.05, 4.69) is 22.1 Å². The van der Waals surface area contributed by atoms with Gasteiger partial charge in [0.05, 0.1) is 0 Å². The molecular weight excluding hydrogens is 266 g/mol. The molecule has 0 radical (unpaired) electrons. The zero-order chi connectivity index (χ0) is 15.5. The highest BCUT2D eigenvalue weighted by Crippen LogP contribution is 2.16. The molecule has 0 bridgehead atoms. The Kier molecular flexibility index (Phi) is 8.82. The summed E-state index contributed by atoms with van der Waals surface area (Å²) in [4.78, 5) is 17.8. The van der Waals surface area contributed by atoms with Crippen LogP contribution in [0, 0.1) is 5.92 Å². The maximum Gasteiger partial charge on any atom is 0.220 e. The maximum atomic E-state index is 11.1. The van der Waals surface area contributed by atoms with Crippen molar-refractivity contribution in [3.05, 3.63) is 0 Å². The number of primary amides is 1. The Morgan fingerprint density at radius 3 is 2.57 bits per heavy atom. The molecule has 0 spiro atoms. The van der Waals surface area contributed by atoms with Crippen molar-refractivity contribution in [2.75, 3.05) is 32.7 Å². The maximum absolute atomic E-state index is 11.1. The van der Waals surface area contributed by atoms with Crippen LogP contribution in [0.4, 0.5) is 0 Å². The summed E-state index contributed by atoms with van der Waals surface area (Å²) in [5.74, 6) is 0.501. The molecule has 0 atom stereocenters. The van der Waals surface area contributed by atoms with Gasteiger partial charge in [0.2, 0.25) is 5.91 Å². The third-order valence-corrected chi connectivity index (χ3v) is 3.99. The number of amides is 1. The van der Waals surface area contributed by atoms with Crippen LogP contribution in [-0.4, -0.2) is 49.5 Å². The Balaban J connectivity index is 2.02. The minimum Gasteiger partial charge on any atom is -0.370 e. The van der Waals surface area contributed by atoms with Gasteiger partial charge in [0.25, 0.3) is 0 Å². The fraction of sp³-hybridized carbons (Fsp3) is 0.867. The summed E-state index contributed by atoms with van der Waals surface area (Å²) >= 11 is 0. The lowest BCUT2D eigenvalue weighted by molar-refractivity contribution is -0.123. The molecule has 1 amide bonds. The fourth-order valence-corrected chi connectivity index (χ4v) is 2.54. The second-order valence-electron chi connectivity index (χ2n) is 5.77. The van der Waals surface area contributed by atoms with Crippen molar-refractivity contribution in [2.24, 2.45) is 22.4 Å². The second-order valence-corrected chi connectivity index (χ2v) is 5.77. The van der Waals surface area contributed by atoms with Crippen molar-refractivity contribution < 1.29 is 4.79 Å². The van der Waals surface area contributed by atoms with Gasteiger partial charge < -0.3 is 21.7 Å². The Bertz CT molecular complexity index is 324. The lowest BCUT2D eigenvalue weighted by Crippen LogP contribution is -2.38. The Morgan fingerprint density at radius 1 is 1.24 bits per heavy atom. The molecule has 1 rings (SSSR count). The van der Waals surface area contributed by atoms with Crippen molar-refractivity contribution in [1.82, 2.24) is 10.2 Å². The van der Waals surface area contributed by atoms with Gasteiger partial charge in [-0.1, -0.05) is 13.3 Å². The number of aliphatic imine (C=N–C) groups is 1. The first-order valence-electron chi connectivity index (χ1n) is 8.19. The van der Waals surface area contributed by atoms with Crippen LogP contribution in [-0.2, 0) is 4.79 Å². The van der Waals surface area contributed by atoms with Crippen LogP contribution in [0.2, 0.25) is 0 Å². The van der Waals surface area contributed by atoms with E-state index in [1.165, 1.54) is 0 Å². The molecule has 122 valence electrons.